The van der Waals surface area contributed by atoms with Crippen LogP contribution >= 0.6 is 0 Å². The first-order chi connectivity index (χ1) is 16.5. The van der Waals surface area contributed by atoms with Gasteiger partial charge in [-0.05, 0) is 53.9 Å². The van der Waals surface area contributed by atoms with E-state index in [1.807, 2.05) is 30.3 Å². The van der Waals surface area contributed by atoms with Crippen LogP contribution in [0, 0.1) is 0 Å². The van der Waals surface area contributed by atoms with Gasteiger partial charge in [-0.15, -0.1) is 0 Å². The molecule has 36 heavy (non-hydrogen) atoms. The molecule has 0 saturated heterocycles. The number of nitrogens with two attached hydrogens (primary N) is 1. The maximum atomic E-state index is 11.8. The van der Waals surface area contributed by atoms with Crippen LogP contribution in [-0.4, -0.2) is 25.9 Å². The van der Waals surface area contributed by atoms with E-state index in [0.29, 0.717) is 22.1 Å². The van der Waals surface area contributed by atoms with Crippen LogP contribution in [-0.2, 0) is 20.2 Å². The molecule has 0 heterocycles. The molecule has 4 aromatic carbocycles. The molecule has 4 rings (SSSR count). The van der Waals surface area contributed by atoms with Crippen molar-refractivity contribution in [2.75, 3.05) is 27.4 Å². The van der Waals surface area contributed by atoms with Crippen LogP contribution < -0.4 is 57.0 Å². The van der Waals surface area contributed by atoms with Crippen molar-refractivity contribution in [1.29, 1.82) is 0 Å². The van der Waals surface area contributed by atoms with Gasteiger partial charge in [0, 0.05) is 11.1 Å². The third-order valence-electron chi connectivity index (χ3n) is 5.00. The van der Waals surface area contributed by atoms with Crippen molar-refractivity contribution in [2.45, 2.75) is 9.79 Å². The molecule has 0 aliphatic heterocycles. The van der Waals surface area contributed by atoms with E-state index >= 15 is 0 Å². The molecule has 0 atom stereocenters. The van der Waals surface area contributed by atoms with Crippen LogP contribution in [0.3, 0.4) is 0 Å². The number of fused-ring (bicyclic) bond motifs is 1. The van der Waals surface area contributed by atoms with Gasteiger partial charge in [-0.25, -0.2) is 8.42 Å². The Kier molecular flexibility index (Phi) is 8.36. The number of nitrogens with one attached hydrogen (secondary N) is 4. The summed E-state index contributed by atoms with van der Waals surface area (Å²) in [6, 6.07) is 20.2. The molecule has 0 unspecified atom stereocenters. The van der Waals surface area contributed by atoms with Crippen LogP contribution in [0.15, 0.2) is 88.7 Å². The van der Waals surface area contributed by atoms with Crippen molar-refractivity contribution in [1.82, 2.24) is 0 Å². The van der Waals surface area contributed by atoms with Crippen LogP contribution in [0.5, 0.6) is 0 Å². The van der Waals surface area contributed by atoms with Crippen LogP contribution in [0.4, 0.5) is 28.4 Å². The second kappa shape index (κ2) is 10.9. The van der Waals surface area contributed by atoms with E-state index in [1.165, 1.54) is 30.3 Å². The summed E-state index contributed by atoms with van der Waals surface area (Å²) in [6.07, 6.45) is 0. The van der Waals surface area contributed by atoms with Gasteiger partial charge < -0.3 is 15.7 Å². The summed E-state index contributed by atoms with van der Waals surface area (Å²) in [4.78, 5) is -0.832. The Morgan fingerprint density at radius 1 is 0.750 bits per heavy atom. The molecule has 7 N–H and O–H groups in total. The first kappa shape index (κ1) is 27.5. The second-order valence-electron chi connectivity index (χ2n) is 7.42. The zero-order valence-electron chi connectivity index (χ0n) is 18.9. The standard InChI is InChI=1S/C22H21N5O6S2.Na/c23-15-7-11-19(21(13-15)35(31,32)33)25-27-22-18-9-8-17(34(28,29)30)12-14(18)6-10-20(22)26-24-16-4-2-1-3-5-16;/h1-13,24-27H,23H2,(H,28,29,30)(H,31,32,33);/q;+1/p-1. The topological polar surface area (TPSA) is 186 Å². The fourth-order valence-corrected chi connectivity index (χ4v) is 4.54. The van der Waals surface area contributed by atoms with Gasteiger partial charge in [0.05, 0.1) is 27.6 Å². The Morgan fingerprint density at radius 2 is 1.42 bits per heavy atom. The van der Waals surface area contributed by atoms with Gasteiger partial charge in [0.15, 0.2) is 0 Å². The van der Waals surface area contributed by atoms with E-state index in [4.69, 9.17) is 5.73 Å². The molecule has 0 bridgehead atoms. The van der Waals surface area contributed by atoms with Gasteiger partial charge in [-0.1, -0.05) is 30.3 Å². The molecular weight excluding hydrogens is 517 g/mol. The van der Waals surface area contributed by atoms with Crippen molar-refractivity contribution in [3.8, 4) is 0 Å². The fourth-order valence-electron chi connectivity index (χ4n) is 3.35. The summed E-state index contributed by atoms with van der Waals surface area (Å²) in [7, 11) is -9.26. The van der Waals surface area contributed by atoms with Crippen LogP contribution in [0.1, 0.15) is 0 Å². The fraction of sp³-hybridized carbons (Fsp3) is 0. The molecule has 0 aliphatic rings. The van der Waals surface area contributed by atoms with E-state index in [1.54, 1.807) is 12.1 Å². The normalized spacial score (nSPS) is 11.4. The third-order valence-corrected chi connectivity index (χ3v) is 6.73. The Hall–Kier alpha value is -3.04. The molecule has 0 aliphatic carbocycles. The third kappa shape index (κ3) is 6.39. The van der Waals surface area contributed by atoms with Crippen molar-refractivity contribution < 1.29 is 55.5 Å². The van der Waals surface area contributed by atoms with E-state index in [2.05, 4.69) is 21.7 Å². The molecule has 0 radical (unpaired) electrons. The van der Waals surface area contributed by atoms with Gasteiger partial charge in [-0.3, -0.25) is 20.8 Å². The summed E-state index contributed by atoms with van der Waals surface area (Å²) in [6.45, 7) is 0. The summed E-state index contributed by atoms with van der Waals surface area (Å²) >= 11 is 0. The Morgan fingerprint density at radius 3 is 2.08 bits per heavy atom. The van der Waals surface area contributed by atoms with Gasteiger partial charge in [0.2, 0.25) is 0 Å². The van der Waals surface area contributed by atoms with Gasteiger partial charge in [0.1, 0.15) is 15.0 Å². The predicted octanol–water partition coefficient (Wildman–Crippen LogP) is 0.455. The monoisotopic (exact) mass is 537 g/mol. The number of hydrogen-bond donors (Lipinski definition) is 6. The van der Waals surface area contributed by atoms with Gasteiger partial charge in [0.25, 0.3) is 10.1 Å². The minimum Gasteiger partial charge on any atom is -0.744 e. The molecule has 0 aromatic heterocycles. The summed E-state index contributed by atoms with van der Waals surface area (Å²) in [5, 5.41) is 0.942. The Labute approximate surface area is 229 Å². The van der Waals surface area contributed by atoms with Crippen LogP contribution in [0.25, 0.3) is 10.8 Å². The van der Waals surface area contributed by atoms with E-state index in [-0.39, 0.29) is 45.8 Å². The summed E-state index contributed by atoms with van der Waals surface area (Å²) in [5.41, 5.74) is 19.2. The zero-order chi connectivity index (χ0) is 25.2. The summed E-state index contributed by atoms with van der Waals surface area (Å²) < 4.78 is 67.6. The molecule has 11 nitrogen and oxygen atoms in total. The largest absolute Gasteiger partial charge is 1.00 e. The summed E-state index contributed by atoms with van der Waals surface area (Å²) in [5.74, 6) is 0. The second-order valence-corrected chi connectivity index (χ2v) is 10.2. The molecule has 4 aromatic rings. The van der Waals surface area contributed by atoms with Crippen molar-refractivity contribution >= 4 is 59.4 Å². The number of nitrogen functional groups attached to an aromatic ring is 1. The number of benzene rings is 4. The number of para-hydroxylation sites is 1. The maximum Gasteiger partial charge on any atom is 1.00 e. The van der Waals surface area contributed by atoms with Gasteiger partial charge in [-0.2, -0.15) is 8.42 Å². The Balaban J connectivity index is 0.00000361. The minimum absolute atomic E-state index is 0. The molecular formula is C22H20N5NaO6S2. The van der Waals surface area contributed by atoms with Crippen molar-refractivity contribution in [2.24, 2.45) is 0 Å². The smallest absolute Gasteiger partial charge is 0.744 e. The first-order valence-electron chi connectivity index (χ1n) is 10.0. The maximum absolute atomic E-state index is 11.8. The number of hydrazine groups is 2. The minimum atomic E-state index is -4.67. The number of hydrogen-bond acceptors (Lipinski definition) is 10. The zero-order valence-corrected chi connectivity index (χ0v) is 22.5. The average Bonchev–Trinajstić information content (AvgIpc) is 2.81. The molecule has 14 heteroatoms. The van der Waals surface area contributed by atoms with Crippen molar-refractivity contribution in [3.05, 3.63) is 78.9 Å². The van der Waals surface area contributed by atoms with Crippen LogP contribution in [0.2, 0.25) is 0 Å². The molecule has 0 fully saturated rings. The molecule has 0 spiro atoms. The molecule has 182 valence electrons. The quantitative estimate of drug-likeness (QED) is 0.0793. The Bertz CT molecular complexity index is 1620. The molecule has 0 saturated carbocycles. The number of rotatable bonds is 8. The van der Waals surface area contributed by atoms with E-state index in [0.717, 1.165) is 11.8 Å². The number of anilines is 5. The average molecular weight is 538 g/mol. The first-order valence-corrected chi connectivity index (χ1v) is 12.9. The SMILES string of the molecule is Nc1ccc(NNc2c(NNc3ccccc3)ccc3cc(S(=O)(=O)[O-])ccc23)c(S(=O)(=O)O)c1.[Na+]. The van der Waals surface area contributed by atoms with Gasteiger partial charge >= 0.3 is 29.6 Å². The molecule has 0 amide bonds. The van der Waals surface area contributed by atoms with E-state index in [9.17, 15) is 25.9 Å². The van der Waals surface area contributed by atoms with Crippen molar-refractivity contribution in [3.63, 3.8) is 0 Å². The predicted molar refractivity (Wildman–Crippen MR) is 134 cm³/mol. The van der Waals surface area contributed by atoms with E-state index < -0.39 is 25.1 Å².